The van der Waals surface area contributed by atoms with Gasteiger partial charge >= 0.3 is 21.1 Å². The summed E-state index contributed by atoms with van der Waals surface area (Å²) in [5, 5.41) is 2.34. The van der Waals surface area contributed by atoms with Crippen molar-refractivity contribution in [2.45, 2.75) is 52.4 Å². The van der Waals surface area contributed by atoms with E-state index in [0.29, 0.717) is 11.6 Å². The molecule has 0 saturated carbocycles. The van der Waals surface area contributed by atoms with Crippen molar-refractivity contribution in [3.05, 3.63) is 96.2 Å². The molecule has 0 fully saturated rings. The fraction of sp³-hybridized carbons (Fsp3) is 0.222. The maximum absolute atomic E-state index is 6.64. The van der Waals surface area contributed by atoms with E-state index >= 15 is 0 Å². The average Bonchev–Trinajstić information content (AvgIpc) is 3.51. The van der Waals surface area contributed by atoms with E-state index in [2.05, 4.69) is 89.0 Å². The molecule has 7 aromatic rings. The Labute approximate surface area is 264 Å². The van der Waals surface area contributed by atoms with E-state index in [4.69, 9.17) is 14.1 Å². The number of hydrogen-bond acceptors (Lipinski definition) is 5. The molecule has 0 aliphatic rings. The zero-order valence-corrected chi connectivity index (χ0v) is 27.5. The number of benzene rings is 3. The first-order chi connectivity index (χ1) is 19.5. The Hall–Kier alpha value is -3.53. The van der Waals surface area contributed by atoms with Crippen LogP contribution in [0, 0.1) is 12.1 Å². The van der Waals surface area contributed by atoms with Crippen LogP contribution in [0.3, 0.4) is 0 Å². The van der Waals surface area contributed by atoms with Crippen molar-refractivity contribution in [1.29, 1.82) is 0 Å². The van der Waals surface area contributed by atoms with Gasteiger partial charge in [0.1, 0.15) is 5.58 Å². The predicted octanol–water partition coefficient (Wildman–Crippen LogP) is 10.3. The van der Waals surface area contributed by atoms with Crippen LogP contribution < -0.4 is 4.74 Å². The number of nitrogens with zero attached hydrogens (tertiary/aromatic N) is 2. The van der Waals surface area contributed by atoms with E-state index in [1.165, 1.54) is 10.1 Å². The molecule has 0 atom stereocenters. The van der Waals surface area contributed by atoms with Gasteiger partial charge in [0.25, 0.3) is 0 Å². The van der Waals surface area contributed by atoms with Crippen LogP contribution in [0.25, 0.3) is 53.9 Å². The topological polar surface area (TPSA) is 48.2 Å². The maximum atomic E-state index is 6.64. The second kappa shape index (κ2) is 10.3. The zero-order chi connectivity index (χ0) is 28.5. The Morgan fingerprint density at radius 3 is 2.31 bits per heavy atom. The van der Waals surface area contributed by atoms with Gasteiger partial charge in [-0.1, -0.05) is 70.5 Å². The van der Waals surface area contributed by atoms with Crippen LogP contribution in [0.5, 0.6) is 11.6 Å². The van der Waals surface area contributed by atoms with Crippen LogP contribution in [0.4, 0.5) is 0 Å². The van der Waals surface area contributed by atoms with E-state index in [-0.39, 0.29) is 31.9 Å². The number of hydrogen-bond donors (Lipinski definition) is 0. The Balaban J connectivity index is 0.00000316. The first-order valence-electron chi connectivity index (χ1n) is 13.8. The van der Waals surface area contributed by atoms with E-state index < -0.39 is 0 Å². The normalized spacial score (nSPS) is 12.3. The van der Waals surface area contributed by atoms with E-state index in [0.717, 1.165) is 54.9 Å². The van der Waals surface area contributed by atoms with Gasteiger partial charge < -0.3 is 9.15 Å². The summed E-state index contributed by atoms with van der Waals surface area (Å²) in [5.74, 6) is 1.18. The number of pyridine rings is 2. The Kier molecular flexibility index (Phi) is 7.03. The first-order valence-corrected chi connectivity index (χ1v) is 14.6. The Bertz CT molecular complexity index is 1990. The quantitative estimate of drug-likeness (QED) is 0.168. The van der Waals surface area contributed by atoms with Crippen molar-refractivity contribution in [3.8, 4) is 34.1 Å². The van der Waals surface area contributed by atoms with Gasteiger partial charge in [-0.3, -0.25) is 4.98 Å². The van der Waals surface area contributed by atoms with Gasteiger partial charge in [0.15, 0.2) is 0 Å². The fourth-order valence-electron chi connectivity index (χ4n) is 5.26. The predicted molar refractivity (Wildman–Crippen MR) is 168 cm³/mol. The summed E-state index contributed by atoms with van der Waals surface area (Å²) in [6.45, 7) is 13.1. The van der Waals surface area contributed by atoms with Crippen LogP contribution in [0.1, 0.15) is 52.7 Å². The van der Waals surface area contributed by atoms with Crippen molar-refractivity contribution < 1.29 is 30.2 Å². The van der Waals surface area contributed by atoms with Gasteiger partial charge in [-0.05, 0) is 46.5 Å². The summed E-state index contributed by atoms with van der Waals surface area (Å²) in [6, 6.07) is 29.7. The molecule has 0 radical (unpaired) electrons. The zero-order valence-electron chi connectivity index (χ0n) is 24.4. The number of ether oxygens (including phenoxy) is 1. The second-order valence-corrected chi connectivity index (χ2v) is 13.7. The summed E-state index contributed by atoms with van der Waals surface area (Å²) < 4.78 is 15.2. The van der Waals surface area contributed by atoms with Gasteiger partial charge in [-0.2, -0.15) is 23.5 Å². The molecule has 0 bridgehead atoms. The number of rotatable bonds is 4. The summed E-state index contributed by atoms with van der Waals surface area (Å²) in [4.78, 5) is 9.46. The van der Waals surface area contributed by atoms with Gasteiger partial charge in [0.2, 0.25) is 5.88 Å². The summed E-state index contributed by atoms with van der Waals surface area (Å²) in [6.07, 6.45) is 1.78. The molecule has 0 saturated heterocycles. The molecule has 7 rings (SSSR count). The van der Waals surface area contributed by atoms with Crippen LogP contribution in [0.15, 0.2) is 77.3 Å². The SMILES string of the molecule is CC(C)(C)c1cc(Oc2nc(-c3ccccn3)ccc2C(C)(C)C)[c-]c(-c2[c-]c3sc4cccc5oc(c2)c3c54)c1.[Pt+2]. The third kappa shape index (κ3) is 5.03. The van der Waals surface area contributed by atoms with Crippen molar-refractivity contribution in [2.24, 2.45) is 0 Å². The van der Waals surface area contributed by atoms with Gasteiger partial charge in [-0.25, -0.2) is 16.1 Å². The molecule has 4 heterocycles. The molecule has 4 aromatic heterocycles. The third-order valence-corrected chi connectivity index (χ3v) is 8.54. The van der Waals surface area contributed by atoms with Crippen LogP contribution in [0.2, 0.25) is 0 Å². The summed E-state index contributed by atoms with van der Waals surface area (Å²) >= 11 is 1.75. The smallest absolute Gasteiger partial charge is 0.477 e. The second-order valence-electron chi connectivity index (χ2n) is 12.6. The summed E-state index contributed by atoms with van der Waals surface area (Å²) in [5.41, 5.74) is 7.08. The molecule has 0 N–H and O–H groups in total. The molecule has 0 amide bonds. The number of thiophene rings is 1. The van der Waals surface area contributed by atoms with Crippen LogP contribution in [-0.2, 0) is 31.9 Å². The molecule has 4 nitrogen and oxygen atoms in total. The van der Waals surface area contributed by atoms with Crippen molar-refractivity contribution in [2.75, 3.05) is 0 Å². The molecule has 3 aromatic carbocycles. The Morgan fingerprint density at radius 1 is 0.762 bits per heavy atom. The average molecular weight is 750 g/mol. The molecule has 42 heavy (non-hydrogen) atoms. The molecule has 0 unspecified atom stereocenters. The monoisotopic (exact) mass is 749 g/mol. The third-order valence-electron chi connectivity index (χ3n) is 7.47. The minimum atomic E-state index is -0.172. The first kappa shape index (κ1) is 28.6. The van der Waals surface area contributed by atoms with Crippen molar-refractivity contribution >= 4 is 42.7 Å². The van der Waals surface area contributed by atoms with E-state index in [1.54, 1.807) is 17.5 Å². The fourth-order valence-corrected chi connectivity index (χ4v) is 6.39. The van der Waals surface area contributed by atoms with E-state index in [1.807, 2.05) is 36.4 Å². The van der Waals surface area contributed by atoms with E-state index in [9.17, 15) is 0 Å². The van der Waals surface area contributed by atoms with Crippen molar-refractivity contribution in [1.82, 2.24) is 9.97 Å². The number of aromatic nitrogens is 2. The van der Waals surface area contributed by atoms with Gasteiger partial charge in [-0.15, -0.1) is 17.7 Å². The molecular weight excluding hydrogens is 720 g/mol. The standard InChI is InChI=1S/C36H30N2O2S.Pt/c1-35(2,3)23-16-21(22-18-29-33-31(19-22)41-30-12-9-11-28(40-29)32(30)33)17-24(20-23)39-34-25(36(4,5)6)13-14-27(38-34)26-10-7-8-15-37-26;/h7-16,18,20H,1-6H3;/q-2;+2. The Morgan fingerprint density at radius 2 is 1.57 bits per heavy atom. The van der Waals surface area contributed by atoms with Crippen molar-refractivity contribution in [3.63, 3.8) is 0 Å². The molecular formula is C36H30N2O2PtS. The number of furan rings is 1. The molecule has 0 spiro atoms. The molecule has 6 heteroatoms. The van der Waals surface area contributed by atoms with Crippen LogP contribution in [-0.4, -0.2) is 9.97 Å². The summed E-state index contributed by atoms with van der Waals surface area (Å²) in [7, 11) is 0. The van der Waals surface area contributed by atoms with Gasteiger partial charge in [0.05, 0.1) is 11.4 Å². The largest absolute Gasteiger partial charge is 2.00 e. The minimum Gasteiger partial charge on any atom is -0.477 e. The molecule has 212 valence electrons. The molecule has 0 aliphatic carbocycles. The van der Waals surface area contributed by atoms with Crippen LogP contribution >= 0.6 is 11.3 Å². The minimum absolute atomic E-state index is 0. The molecule has 0 aliphatic heterocycles. The maximum Gasteiger partial charge on any atom is 2.00 e. The van der Waals surface area contributed by atoms with Gasteiger partial charge in [0, 0.05) is 33.2 Å².